The topological polar surface area (TPSA) is 32.3 Å². The Morgan fingerprint density at radius 2 is 2.06 bits per heavy atom. The van der Waals surface area contributed by atoms with Crippen molar-refractivity contribution in [2.75, 3.05) is 14.1 Å². The molecule has 0 aliphatic heterocycles. The molecule has 5 heteroatoms. The van der Waals surface area contributed by atoms with Crippen molar-refractivity contribution in [3.05, 3.63) is 33.8 Å². The number of benzene rings is 1. The molecule has 1 amide bonds. The number of rotatable bonds is 4. The maximum atomic E-state index is 11.8. The van der Waals surface area contributed by atoms with Gasteiger partial charge in [-0.15, -0.1) is 0 Å². The van der Waals surface area contributed by atoms with E-state index in [2.05, 4.69) is 5.32 Å². The fourth-order valence-corrected chi connectivity index (χ4v) is 1.76. The van der Waals surface area contributed by atoms with Crippen molar-refractivity contribution >= 4 is 29.1 Å². The van der Waals surface area contributed by atoms with E-state index in [1.165, 1.54) is 0 Å². The predicted octanol–water partition coefficient (Wildman–Crippen LogP) is 2.56. The van der Waals surface area contributed by atoms with Crippen LogP contribution < -0.4 is 5.32 Å². The van der Waals surface area contributed by atoms with Gasteiger partial charge in [0.1, 0.15) is 0 Å². The van der Waals surface area contributed by atoms with E-state index in [4.69, 9.17) is 23.2 Å². The number of hydrogen-bond acceptors (Lipinski definition) is 2. The molecule has 1 unspecified atom stereocenters. The molecule has 17 heavy (non-hydrogen) atoms. The summed E-state index contributed by atoms with van der Waals surface area (Å²) in [6, 6.07) is 5.18. The van der Waals surface area contributed by atoms with Crippen LogP contribution >= 0.6 is 23.2 Å². The Morgan fingerprint density at radius 3 is 2.59 bits per heavy atom. The Hall–Kier alpha value is -0.770. The Kier molecular flexibility index (Phi) is 5.25. The number of nitrogens with zero attached hydrogens (tertiary/aromatic N) is 1. The highest BCUT2D eigenvalue weighted by Crippen LogP contribution is 2.23. The van der Waals surface area contributed by atoms with E-state index in [0.717, 1.165) is 5.56 Å². The molecule has 94 valence electrons. The normalized spacial score (nSPS) is 12.3. The summed E-state index contributed by atoms with van der Waals surface area (Å²) in [7, 11) is 3.52. The van der Waals surface area contributed by atoms with E-state index in [1.54, 1.807) is 31.1 Å². The van der Waals surface area contributed by atoms with Crippen molar-refractivity contribution < 1.29 is 4.79 Å². The molecule has 0 saturated carbocycles. The van der Waals surface area contributed by atoms with Crippen LogP contribution in [0.5, 0.6) is 0 Å². The molecule has 0 aliphatic carbocycles. The van der Waals surface area contributed by atoms with Gasteiger partial charge >= 0.3 is 0 Å². The number of nitrogens with one attached hydrogen (secondary N) is 1. The number of carbonyl (C=O) groups excluding carboxylic acids is 1. The Balaban J connectivity index is 2.71. The van der Waals surface area contributed by atoms with E-state index in [9.17, 15) is 4.79 Å². The van der Waals surface area contributed by atoms with E-state index >= 15 is 0 Å². The zero-order valence-electron chi connectivity index (χ0n) is 10.1. The maximum absolute atomic E-state index is 11.8. The van der Waals surface area contributed by atoms with Crippen LogP contribution in [-0.4, -0.2) is 30.9 Å². The Bertz CT molecular complexity index is 409. The van der Waals surface area contributed by atoms with Gasteiger partial charge in [-0.3, -0.25) is 4.79 Å². The predicted molar refractivity (Wildman–Crippen MR) is 71.5 cm³/mol. The number of likely N-dealkylation sites (N-methyl/N-ethyl adjacent to an activating group) is 2. The molecule has 1 atom stereocenters. The van der Waals surface area contributed by atoms with Crippen molar-refractivity contribution in [3.8, 4) is 0 Å². The smallest absolute Gasteiger partial charge is 0.239 e. The van der Waals surface area contributed by atoms with Crippen molar-refractivity contribution in [1.82, 2.24) is 10.2 Å². The van der Waals surface area contributed by atoms with Crippen LogP contribution in [0.15, 0.2) is 18.2 Å². The van der Waals surface area contributed by atoms with Crippen LogP contribution in [0.4, 0.5) is 0 Å². The summed E-state index contributed by atoms with van der Waals surface area (Å²) >= 11 is 11.7. The van der Waals surface area contributed by atoms with Crippen LogP contribution in [0.25, 0.3) is 0 Å². The summed E-state index contributed by atoms with van der Waals surface area (Å²) in [5.41, 5.74) is 0.957. The summed E-state index contributed by atoms with van der Waals surface area (Å²) < 4.78 is 0. The van der Waals surface area contributed by atoms with Crippen LogP contribution in [-0.2, 0) is 11.3 Å². The second-order valence-electron chi connectivity index (χ2n) is 3.95. The molecule has 1 N–H and O–H groups in total. The standard InChI is InChI=1S/C12H16Cl2N2O/c1-8(15-2)12(17)16(3)7-9-4-5-10(13)11(14)6-9/h4-6,8,15H,7H2,1-3H3. The van der Waals surface area contributed by atoms with Gasteiger partial charge in [-0.25, -0.2) is 0 Å². The number of halogens is 2. The molecular weight excluding hydrogens is 259 g/mol. The van der Waals surface area contributed by atoms with Crippen molar-refractivity contribution in [2.24, 2.45) is 0 Å². The van der Waals surface area contributed by atoms with E-state index in [0.29, 0.717) is 16.6 Å². The molecule has 1 rings (SSSR count). The average molecular weight is 275 g/mol. The fourth-order valence-electron chi connectivity index (χ4n) is 1.44. The quantitative estimate of drug-likeness (QED) is 0.916. The Morgan fingerprint density at radius 1 is 1.41 bits per heavy atom. The van der Waals surface area contributed by atoms with E-state index in [1.807, 2.05) is 13.0 Å². The minimum atomic E-state index is -0.192. The maximum Gasteiger partial charge on any atom is 0.239 e. The first-order valence-electron chi connectivity index (χ1n) is 5.32. The van der Waals surface area contributed by atoms with Gasteiger partial charge in [-0.1, -0.05) is 29.3 Å². The zero-order chi connectivity index (χ0) is 13.0. The summed E-state index contributed by atoms with van der Waals surface area (Å²) in [6.07, 6.45) is 0. The summed E-state index contributed by atoms with van der Waals surface area (Å²) in [6.45, 7) is 2.34. The van der Waals surface area contributed by atoms with Gasteiger partial charge in [0, 0.05) is 13.6 Å². The van der Waals surface area contributed by atoms with Crippen molar-refractivity contribution in [1.29, 1.82) is 0 Å². The van der Waals surface area contributed by atoms with Crippen LogP contribution in [0.3, 0.4) is 0 Å². The van der Waals surface area contributed by atoms with E-state index < -0.39 is 0 Å². The van der Waals surface area contributed by atoms with Gasteiger partial charge < -0.3 is 10.2 Å². The van der Waals surface area contributed by atoms with Crippen molar-refractivity contribution in [3.63, 3.8) is 0 Å². The minimum Gasteiger partial charge on any atom is -0.340 e. The first-order valence-corrected chi connectivity index (χ1v) is 6.07. The molecule has 3 nitrogen and oxygen atoms in total. The molecule has 0 aromatic heterocycles. The van der Waals surface area contributed by atoms with Gasteiger partial charge in [0.2, 0.25) is 5.91 Å². The lowest BCUT2D eigenvalue weighted by atomic mass is 10.2. The summed E-state index contributed by atoms with van der Waals surface area (Å²) in [5, 5.41) is 3.94. The lowest BCUT2D eigenvalue weighted by molar-refractivity contribution is -0.132. The zero-order valence-corrected chi connectivity index (χ0v) is 11.6. The first kappa shape index (κ1) is 14.3. The molecule has 1 aromatic carbocycles. The lowest BCUT2D eigenvalue weighted by Gasteiger charge is -2.21. The van der Waals surface area contributed by atoms with Gasteiger partial charge in [-0.2, -0.15) is 0 Å². The monoisotopic (exact) mass is 274 g/mol. The molecule has 0 saturated heterocycles. The summed E-state index contributed by atoms with van der Waals surface area (Å²) in [4.78, 5) is 13.5. The number of amides is 1. The Labute approximate surface area is 112 Å². The molecule has 0 fully saturated rings. The van der Waals surface area contributed by atoms with Gasteiger partial charge in [-0.05, 0) is 31.7 Å². The third-order valence-electron chi connectivity index (χ3n) is 2.58. The number of carbonyl (C=O) groups is 1. The van der Waals surface area contributed by atoms with Gasteiger partial charge in [0.05, 0.1) is 16.1 Å². The fraction of sp³-hybridized carbons (Fsp3) is 0.417. The average Bonchev–Trinajstić information content (AvgIpc) is 2.31. The SMILES string of the molecule is CNC(C)C(=O)N(C)Cc1ccc(Cl)c(Cl)c1. The molecule has 0 heterocycles. The molecule has 1 aromatic rings. The van der Waals surface area contributed by atoms with Crippen LogP contribution in [0.1, 0.15) is 12.5 Å². The van der Waals surface area contributed by atoms with E-state index in [-0.39, 0.29) is 11.9 Å². The second-order valence-corrected chi connectivity index (χ2v) is 4.77. The minimum absolute atomic E-state index is 0.0403. The van der Waals surface area contributed by atoms with Gasteiger partial charge in [0.15, 0.2) is 0 Å². The number of hydrogen-bond donors (Lipinski definition) is 1. The van der Waals surface area contributed by atoms with Crippen molar-refractivity contribution in [2.45, 2.75) is 19.5 Å². The van der Waals surface area contributed by atoms with Gasteiger partial charge in [0.25, 0.3) is 0 Å². The lowest BCUT2D eigenvalue weighted by Crippen LogP contribution is -2.41. The highest BCUT2D eigenvalue weighted by Gasteiger charge is 2.15. The van der Waals surface area contributed by atoms with Crippen LogP contribution in [0.2, 0.25) is 10.0 Å². The third-order valence-corrected chi connectivity index (χ3v) is 3.32. The second kappa shape index (κ2) is 6.24. The first-order chi connectivity index (χ1) is 7.95. The summed E-state index contributed by atoms with van der Waals surface area (Å²) in [5.74, 6) is 0.0403. The third kappa shape index (κ3) is 3.87. The molecule has 0 aliphatic rings. The molecule has 0 radical (unpaired) electrons. The highest BCUT2D eigenvalue weighted by atomic mass is 35.5. The largest absolute Gasteiger partial charge is 0.340 e. The molecule has 0 bridgehead atoms. The molecular formula is C12H16Cl2N2O. The van der Waals surface area contributed by atoms with Crippen LogP contribution in [0, 0.1) is 0 Å². The highest BCUT2D eigenvalue weighted by molar-refractivity contribution is 6.42. The molecule has 0 spiro atoms.